The van der Waals surface area contributed by atoms with Gasteiger partial charge in [-0.2, -0.15) is 31.2 Å². The fraction of sp³-hybridized carbons (Fsp3) is 0.250. The fourth-order valence-electron chi connectivity index (χ4n) is 2.71. The third-order valence-corrected chi connectivity index (χ3v) is 5.71. The molecule has 1 heterocycles. The van der Waals surface area contributed by atoms with Gasteiger partial charge in [0, 0.05) is 32.1 Å². The molecule has 2 N–H and O–H groups in total. The van der Waals surface area contributed by atoms with Gasteiger partial charge in [-0.3, -0.25) is 4.79 Å². The number of anilines is 1. The number of terminal acetylenes is 1. The number of nitriles is 1. The first-order valence-electron chi connectivity index (χ1n) is 9.03. The first kappa shape index (κ1) is 26.4. The second kappa shape index (κ2) is 9.54. The maximum absolute atomic E-state index is 13.5. The summed E-state index contributed by atoms with van der Waals surface area (Å²) in [6.07, 6.45) is -0.698. The number of amides is 1. The molecule has 1 amide bonds. The Morgan fingerprint density at radius 1 is 1.41 bits per heavy atom. The number of aryl methyl sites for hydroxylation is 1. The predicted octanol–water partition coefficient (Wildman–Crippen LogP) is 2.37. The van der Waals surface area contributed by atoms with Crippen molar-refractivity contribution < 1.29 is 40.6 Å². The third kappa shape index (κ3) is 5.19. The molecule has 0 aliphatic carbocycles. The molecule has 0 spiro atoms. The molecule has 9 nitrogen and oxygen atoms in total. The Kier molecular flexibility index (Phi) is 7.40. The SMILES string of the molecule is C#CC(O)(CCOc1c(S(=O)(=O)N=C)cn(C)c1C(=O)Nc1ccc(F)c(C#N)c1)C(F)(F)F. The Morgan fingerprint density at radius 2 is 2.06 bits per heavy atom. The lowest BCUT2D eigenvalue weighted by Gasteiger charge is -2.25. The minimum atomic E-state index is -5.21. The first-order chi connectivity index (χ1) is 15.7. The van der Waals surface area contributed by atoms with Crippen LogP contribution < -0.4 is 10.1 Å². The van der Waals surface area contributed by atoms with Gasteiger partial charge in [0.25, 0.3) is 15.9 Å². The molecule has 1 aromatic carbocycles. The summed E-state index contributed by atoms with van der Waals surface area (Å²) < 4.78 is 86.2. The zero-order valence-corrected chi connectivity index (χ0v) is 18.2. The largest absolute Gasteiger partial charge is 0.490 e. The van der Waals surface area contributed by atoms with Crippen LogP contribution in [-0.4, -0.2) is 49.1 Å². The lowest BCUT2D eigenvalue weighted by atomic mass is 10.0. The monoisotopic (exact) mass is 500 g/mol. The Bertz CT molecular complexity index is 1320. The van der Waals surface area contributed by atoms with E-state index >= 15 is 0 Å². The van der Waals surface area contributed by atoms with Crippen molar-refractivity contribution in [1.82, 2.24) is 4.57 Å². The van der Waals surface area contributed by atoms with Crippen molar-refractivity contribution in [3.05, 3.63) is 41.5 Å². The molecule has 14 heteroatoms. The zero-order chi connectivity index (χ0) is 25.9. The number of rotatable bonds is 8. The number of carbonyl (C=O) groups is 1. The van der Waals surface area contributed by atoms with E-state index in [4.69, 9.17) is 16.4 Å². The number of aromatic nitrogens is 1. The number of sulfonamides is 1. The van der Waals surface area contributed by atoms with Gasteiger partial charge in [-0.25, -0.2) is 4.39 Å². The van der Waals surface area contributed by atoms with Crippen molar-refractivity contribution in [2.45, 2.75) is 23.1 Å². The number of hydrogen-bond donors (Lipinski definition) is 2. The summed E-state index contributed by atoms with van der Waals surface area (Å²) in [6, 6.07) is 4.62. The van der Waals surface area contributed by atoms with Crippen molar-refractivity contribution >= 4 is 28.3 Å². The van der Waals surface area contributed by atoms with E-state index in [1.165, 1.54) is 13.0 Å². The van der Waals surface area contributed by atoms with Crippen molar-refractivity contribution in [3.63, 3.8) is 0 Å². The molecule has 0 aliphatic rings. The number of carbonyl (C=O) groups excluding carboxylic acids is 1. The van der Waals surface area contributed by atoms with E-state index in [0.29, 0.717) is 0 Å². The Labute approximate surface area is 191 Å². The second-order valence-corrected chi connectivity index (χ2v) is 8.40. The smallest absolute Gasteiger partial charge is 0.428 e. The number of benzene rings is 1. The summed E-state index contributed by atoms with van der Waals surface area (Å²) in [5, 5.41) is 20.9. The van der Waals surface area contributed by atoms with Gasteiger partial charge in [0.15, 0.2) is 11.4 Å². The van der Waals surface area contributed by atoms with Gasteiger partial charge in [-0.1, -0.05) is 5.92 Å². The molecular weight excluding hydrogens is 484 g/mol. The maximum Gasteiger partial charge on any atom is 0.428 e. The van der Waals surface area contributed by atoms with E-state index in [0.717, 1.165) is 29.0 Å². The fourth-order valence-corrected chi connectivity index (χ4v) is 3.53. The Balaban J connectivity index is 2.47. The highest BCUT2D eigenvalue weighted by Gasteiger charge is 2.52. The average Bonchev–Trinajstić information content (AvgIpc) is 3.10. The minimum absolute atomic E-state index is 0.0415. The highest BCUT2D eigenvalue weighted by molar-refractivity contribution is 7.90. The number of aliphatic hydroxyl groups is 1. The van der Waals surface area contributed by atoms with Crippen LogP contribution in [0.3, 0.4) is 0 Å². The summed E-state index contributed by atoms with van der Waals surface area (Å²) >= 11 is 0. The summed E-state index contributed by atoms with van der Waals surface area (Å²) in [5.41, 5.74) is -4.47. The molecule has 0 aliphatic heterocycles. The Morgan fingerprint density at radius 3 is 2.59 bits per heavy atom. The van der Waals surface area contributed by atoms with E-state index in [1.54, 1.807) is 6.07 Å². The molecule has 0 saturated heterocycles. The number of alkyl halides is 3. The molecule has 0 fully saturated rings. The number of nitrogens with one attached hydrogen (secondary N) is 1. The summed E-state index contributed by atoms with van der Waals surface area (Å²) in [4.78, 5) is 12.2. The van der Waals surface area contributed by atoms with Crippen LogP contribution in [0.15, 0.2) is 33.7 Å². The van der Waals surface area contributed by atoms with Crippen molar-refractivity contribution in [3.8, 4) is 24.2 Å². The van der Waals surface area contributed by atoms with Crippen LogP contribution in [0.4, 0.5) is 23.2 Å². The average molecular weight is 500 g/mol. The summed E-state index contributed by atoms with van der Waals surface area (Å²) in [5.74, 6) is -1.33. The standard InChI is InChI=1S/C20H16F4N4O5S/c1-4-19(30,20(22,23)24)7-8-33-17-15(34(31,32)26-2)11-28(3)16(17)18(29)27-13-5-6-14(21)12(9-13)10-25/h1,5-6,9,11,30H,2,7-8H2,3H3,(H,27,29). The third-order valence-electron chi connectivity index (χ3n) is 4.53. The number of nitrogens with zero attached hydrogens (tertiary/aromatic N) is 3. The number of hydrogen-bond acceptors (Lipinski definition) is 6. The molecule has 2 aromatic rings. The van der Waals surface area contributed by atoms with Crippen LogP contribution in [0.2, 0.25) is 0 Å². The molecule has 34 heavy (non-hydrogen) atoms. The molecule has 1 unspecified atom stereocenters. The second-order valence-electron chi connectivity index (χ2n) is 6.75. The van der Waals surface area contributed by atoms with Crippen LogP contribution in [0, 0.1) is 29.5 Å². The number of ether oxygens (including phenoxy) is 1. The first-order valence-corrected chi connectivity index (χ1v) is 10.5. The molecule has 0 saturated carbocycles. The predicted molar refractivity (Wildman–Crippen MR) is 111 cm³/mol. The van der Waals surface area contributed by atoms with Gasteiger partial charge in [0.1, 0.15) is 16.8 Å². The highest BCUT2D eigenvalue weighted by Crippen LogP contribution is 2.35. The lowest BCUT2D eigenvalue weighted by Crippen LogP contribution is -2.45. The number of halogens is 4. The van der Waals surface area contributed by atoms with E-state index < -0.39 is 62.9 Å². The van der Waals surface area contributed by atoms with Gasteiger partial charge in [-0.05, 0) is 18.2 Å². The lowest BCUT2D eigenvalue weighted by molar-refractivity contribution is -0.238. The molecule has 1 atom stereocenters. The normalized spacial score (nSPS) is 13.3. The van der Waals surface area contributed by atoms with Crippen molar-refractivity contribution in [1.29, 1.82) is 5.26 Å². The van der Waals surface area contributed by atoms with E-state index in [9.17, 15) is 35.9 Å². The summed E-state index contributed by atoms with van der Waals surface area (Å²) in [7, 11) is -3.24. The maximum atomic E-state index is 13.5. The molecule has 0 radical (unpaired) electrons. The molecule has 0 bridgehead atoms. The molecule has 1 aromatic heterocycles. The van der Waals surface area contributed by atoms with E-state index in [-0.39, 0.29) is 11.3 Å². The minimum Gasteiger partial charge on any atom is -0.490 e. The Hall–Kier alpha value is -3.88. The molecule has 180 valence electrons. The topological polar surface area (TPSA) is 134 Å². The highest BCUT2D eigenvalue weighted by atomic mass is 32.2. The van der Waals surface area contributed by atoms with Crippen molar-refractivity contribution in [2.75, 3.05) is 11.9 Å². The van der Waals surface area contributed by atoms with Crippen LogP contribution in [0.1, 0.15) is 22.5 Å². The van der Waals surface area contributed by atoms with Gasteiger partial charge < -0.3 is 19.7 Å². The van der Waals surface area contributed by atoms with E-state index in [1.807, 2.05) is 0 Å². The molecular formula is C20H16F4N4O5S. The van der Waals surface area contributed by atoms with Gasteiger partial charge >= 0.3 is 6.18 Å². The quantitative estimate of drug-likeness (QED) is 0.325. The van der Waals surface area contributed by atoms with Gasteiger partial charge in [0.05, 0.1) is 12.2 Å². The van der Waals surface area contributed by atoms with Crippen molar-refractivity contribution in [2.24, 2.45) is 11.4 Å². The van der Waals surface area contributed by atoms with Crippen LogP contribution in [0.25, 0.3) is 0 Å². The molecule has 2 rings (SSSR count). The summed E-state index contributed by atoms with van der Waals surface area (Å²) in [6.45, 7) is 1.96. The zero-order valence-electron chi connectivity index (χ0n) is 17.4. The van der Waals surface area contributed by atoms with Gasteiger partial charge in [0.2, 0.25) is 5.60 Å². The van der Waals surface area contributed by atoms with Crippen LogP contribution in [-0.2, 0) is 17.1 Å². The van der Waals surface area contributed by atoms with Gasteiger partial charge in [-0.15, -0.1) is 6.42 Å². The van der Waals surface area contributed by atoms with Crippen LogP contribution >= 0.6 is 0 Å². The van der Waals surface area contributed by atoms with Crippen LogP contribution in [0.5, 0.6) is 5.75 Å². The van der Waals surface area contributed by atoms with E-state index in [2.05, 4.69) is 16.4 Å².